The zero-order chi connectivity index (χ0) is 28.4. The lowest BCUT2D eigenvalue weighted by atomic mass is 9.84. The van der Waals surface area contributed by atoms with E-state index in [1.807, 2.05) is 0 Å². The second kappa shape index (κ2) is 13.9. The highest BCUT2D eigenvalue weighted by atomic mass is 32.2. The van der Waals surface area contributed by atoms with E-state index in [1.165, 1.54) is 32.8 Å². The highest BCUT2D eigenvalue weighted by Crippen LogP contribution is 2.28. The van der Waals surface area contributed by atoms with E-state index in [0.717, 1.165) is 25.7 Å². The summed E-state index contributed by atoms with van der Waals surface area (Å²) < 4.78 is 33.8. The molecule has 1 atom stereocenters. The quantitative estimate of drug-likeness (QED) is 0.207. The van der Waals surface area contributed by atoms with Crippen molar-refractivity contribution in [3.05, 3.63) is 53.6 Å². The number of benzene rings is 2. The zero-order valence-corrected chi connectivity index (χ0v) is 23.1. The first-order valence-corrected chi connectivity index (χ1v) is 14.4. The number of carbonyl (C=O) groups is 2. The molecule has 3 rings (SSSR count). The fourth-order valence-corrected chi connectivity index (χ4v) is 5.29. The van der Waals surface area contributed by atoms with Gasteiger partial charge in [-0.3, -0.25) is 20.3 Å². The zero-order valence-electron chi connectivity index (χ0n) is 22.3. The minimum absolute atomic E-state index is 0.00426. The van der Waals surface area contributed by atoms with Crippen molar-refractivity contribution in [2.45, 2.75) is 62.4 Å². The summed E-state index contributed by atoms with van der Waals surface area (Å²) in [5.41, 5.74) is 1.25. The van der Waals surface area contributed by atoms with E-state index in [2.05, 4.69) is 16.0 Å². The number of amides is 2. The largest absolute Gasteiger partial charge is 0.493 e. The molecular weight excluding hydrogens is 522 g/mol. The second-order valence-corrected chi connectivity index (χ2v) is 11.2. The van der Waals surface area contributed by atoms with E-state index >= 15 is 0 Å². The van der Waals surface area contributed by atoms with Crippen molar-refractivity contribution in [3.63, 3.8) is 0 Å². The van der Waals surface area contributed by atoms with Gasteiger partial charge in [0.05, 0.1) is 25.5 Å². The molecule has 12 heteroatoms. The van der Waals surface area contributed by atoms with Gasteiger partial charge >= 0.3 is 0 Å². The second-order valence-electron chi connectivity index (χ2n) is 9.64. The predicted molar refractivity (Wildman–Crippen MR) is 147 cm³/mol. The monoisotopic (exact) mass is 559 g/mol. The molecule has 0 saturated heterocycles. The van der Waals surface area contributed by atoms with Gasteiger partial charge in [-0.15, -0.1) is 0 Å². The van der Waals surface area contributed by atoms with Crippen LogP contribution in [-0.4, -0.2) is 46.5 Å². The van der Waals surface area contributed by atoms with Crippen LogP contribution in [0.1, 0.15) is 49.7 Å². The minimum Gasteiger partial charge on any atom is -0.493 e. The van der Waals surface area contributed by atoms with E-state index in [-0.39, 0.29) is 29.7 Å². The number of methoxy groups -OCH3 is 2. The molecule has 212 valence electrons. The molecule has 1 unspecified atom stereocenters. The Kier molecular flexibility index (Phi) is 10.7. The summed E-state index contributed by atoms with van der Waals surface area (Å²) >= 11 is 0. The average molecular weight is 560 g/mol. The van der Waals surface area contributed by atoms with Crippen LogP contribution in [-0.2, 0) is 32.6 Å². The van der Waals surface area contributed by atoms with Crippen molar-refractivity contribution in [1.82, 2.24) is 16.0 Å². The molecule has 1 aliphatic rings. The maximum absolute atomic E-state index is 13.2. The van der Waals surface area contributed by atoms with Crippen LogP contribution < -0.4 is 30.6 Å². The van der Waals surface area contributed by atoms with E-state index in [9.17, 15) is 18.0 Å². The van der Waals surface area contributed by atoms with E-state index < -0.39 is 22.0 Å². The topological polar surface area (TPSA) is 173 Å². The van der Waals surface area contributed by atoms with Gasteiger partial charge in [0.15, 0.2) is 17.5 Å². The molecule has 0 aromatic heterocycles. The number of sulfonamides is 1. The maximum atomic E-state index is 13.2. The molecule has 0 heterocycles. The number of hydrogen-bond donors (Lipinski definition) is 5. The summed E-state index contributed by atoms with van der Waals surface area (Å²) in [7, 11) is -0.828. The van der Waals surface area contributed by atoms with Crippen LogP contribution in [0.5, 0.6) is 11.5 Å². The molecule has 2 aromatic rings. The molecule has 11 nitrogen and oxygen atoms in total. The highest BCUT2D eigenvalue weighted by Gasteiger charge is 2.25. The summed E-state index contributed by atoms with van der Waals surface area (Å²) in [6.07, 6.45) is 5.88. The standard InChI is InChI=1S/C27H37N5O6S/c1-37-23-12-11-19(15-24(23)38-2)16-25(33)32-27(28)31-22(14-18-7-4-3-5-8-18)26(34)30-17-20-9-6-10-21(13-20)39(29,35)36/h6,9-13,15,18,22H,3-5,7-8,14,16-17H2,1-2H3,(H,30,34)(H2,29,35,36)(H3,28,31,32,33). The fourth-order valence-electron chi connectivity index (χ4n) is 4.70. The van der Waals surface area contributed by atoms with Crippen molar-refractivity contribution in [2.75, 3.05) is 14.2 Å². The third-order valence-corrected chi connectivity index (χ3v) is 7.61. The Morgan fingerprint density at radius 1 is 1.03 bits per heavy atom. The van der Waals surface area contributed by atoms with Crippen LogP contribution in [0.25, 0.3) is 0 Å². The van der Waals surface area contributed by atoms with Gasteiger partial charge in [0, 0.05) is 6.54 Å². The van der Waals surface area contributed by atoms with Crippen LogP contribution in [0.3, 0.4) is 0 Å². The molecule has 1 aliphatic carbocycles. The SMILES string of the molecule is COc1ccc(CC(=O)NC(=N)NC(CC2CCCCC2)C(=O)NCc2cccc(S(N)(=O)=O)c2)cc1OC. The van der Waals surface area contributed by atoms with Gasteiger partial charge in [0.1, 0.15) is 6.04 Å². The molecule has 2 amide bonds. The van der Waals surface area contributed by atoms with Crippen molar-refractivity contribution < 1.29 is 27.5 Å². The number of nitrogens with two attached hydrogens (primary N) is 1. The molecule has 0 radical (unpaired) electrons. The van der Waals surface area contributed by atoms with Gasteiger partial charge in [-0.25, -0.2) is 13.6 Å². The molecular formula is C27H37N5O6S. The normalized spacial score (nSPS) is 14.6. The van der Waals surface area contributed by atoms with Crippen molar-refractivity contribution >= 4 is 27.8 Å². The van der Waals surface area contributed by atoms with Crippen LogP contribution in [0.2, 0.25) is 0 Å². The number of ether oxygens (including phenoxy) is 2. The Morgan fingerprint density at radius 2 is 1.74 bits per heavy atom. The fraction of sp³-hybridized carbons (Fsp3) is 0.444. The summed E-state index contributed by atoms with van der Waals surface area (Å²) in [4.78, 5) is 25.7. The average Bonchev–Trinajstić information content (AvgIpc) is 2.91. The summed E-state index contributed by atoms with van der Waals surface area (Å²) in [6.45, 7) is 0.0873. The molecule has 6 N–H and O–H groups in total. The smallest absolute Gasteiger partial charge is 0.242 e. The Labute approximate surface area is 229 Å². The number of guanidine groups is 1. The molecule has 1 fully saturated rings. The summed E-state index contributed by atoms with van der Waals surface area (Å²) in [5, 5.41) is 21.7. The van der Waals surface area contributed by atoms with E-state index in [0.29, 0.717) is 35.0 Å². The van der Waals surface area contributed by atoms with E-state index in [1.54, 1.807) is 30.3 Å². The van der Waals surface area contributed by atoms with Gasteiger partial charge < -0.3 is 20.1 Å². The summed E-state index contributed by atoms with van der Waals surface area (Å²) in [5.74, 6) is 0.325. The van der Waals surface area contributed by atoms with Gasteiger partial charge in [-0.2, -0.15) is 0 Å². The highest BCUT2D eigenvalue weighted by molar-refractivity contribution is 7.89. The minimum atomic E-state index is -3.86. The van der Waals surface area contributed by atoms with Crippen LogP contribution in [0, 0.1) is 11.3 Å². The predicted octanol–water partition coefficient (Wildman–Crippen LogP) is 2.19. The lowest BCUT2D eigenvalue weighted by Gasteiger charge is -2.27. The van der Waals surface area contributed by atoms with E-state index in [4.69, 9.17) is 20.0 Å². The Balaban J connectivity index is 1.62. The molecule has 39 heavy (non-hydrogen) atoms. The third kappa shape index (κ3) is 9.25. The van der Waals surface area contributed by atoms with Crippen LogP contribution in [0.4, 0.5) is 0 Å². The first-order valence-electron chi connectivity index (χ1n) is 12.8. The Morgan fingerprint density at radius 3 is 2.41 bits per heavy atom. The number of hydrogen-bond acceptors (Lipinski definition) is 7. The van der Waals surface area contributed by atoms with Gasteiger partial charge in [0.2, 0.25) is 21.8 Å². The third-order valence-electron chi connectivity index (χ3n) is 6.70. The number of rotatable bonds is 11. The van der Waals surface area contributed by atoms with Crippen molar-refractivity contribution in [2.24, 2.45) is 11.1 Å². The van der Waals surface area contributed by atoms with Crippen molar-refractivity contribution in [3.8, 4) is 11.5 Å². The molecule has 0 spiro atoms. The molecule has 2 aromatic carbocycles. The summed E-state index contributed by atoms with van der Waals surface area (Å²) in [6, 6.07) is 10.4. The molecule has 0 aliphatic heterocycles. The number of nitrogens with one attached hydrogen (secondary N) is 4. The lowest BCUT2D eigenvalue weighted by molar-refractivity contribution is -0.123. The van der Waals surface area contributed by atoms with Crippen molar-refractivity contribution in [1.29, 1.82) is 5.41 Å². The van der Waals surface area contributed by atoms with Crippen LogP contribution in [0.15, 0.2) is 47.4 Å². The van der Waals surface area contributed by atoms with Crippen LogP contribution >= 0.6 is 0 Å². The van der Waals surface area contributed by atoms with Gasteiger partial charge in [-0.05, 0) is 47.7 Å². The van der Waals surface area contributed by atoms with Gasteiger partial charge in [0.25, 0.3) is 0 Å². The molecule has 0 bridgehead atoms. The number of carbonyl (C=O) groups excluding carboxylic acids is 2. The Bertz CT molecular complexity index is 1280. The first-order chi connectivity index (χ1) is 18.6. The lowest BCUT2D eigenvalue weighted by Crippen LogP contribution is -2.52. The molecule has 1 saturated carbocycles. The Hall–Kier alpha value is -3.64. The van der Waals surface area contributed by atoms with Gasteiger partial charge in [-0.1, -0.05) is 50.3 Å². The maximum Gasteiger partial charge on any atom is 0.242 e. The first kappa shape index (κ1) is 29.9. The number of primary sulfonamides is 1.